The van der Waals surface area contributed by atoms with Gasteiger partial charge in [-0.15, -0.1) is 0 Å². The van der Waals surface area contributed by atoms with Crippen molar-refractivity contribution in [1.29, 1.82) is 0 Å². The number of likely N-dealkylation sites (N-methyl/N-ethyl adjacent to an activating group) is 1. The highest BCUT2D eigenvalue weighted by atomic mass is 33.1. The van der Waals surface area contributed by atoms with E-state index >= 15 is 0 Å². The first kappa shape index (κ1) is 42.5. The van der Waals surface area contributed by atoms with Gasteiger partial charge in [0.2, 0.25) is 0 Å². The monoisotopic (exact) mass is 810 g/mol. The largest absolute Gasteiger partial charge is 0.504 e. The Morgan fingerprint density at radius 1 is 1.04 bits per heavy atom. The lowest BCUT2D eigenvalue weighted by Gasteiger charge is -2.33. The van der Waals surface area contributed by atoms with Gasteiger partial charge < -0.3 is 45.5 Å². The van der Waals surface area contributed by atoms with Gasteiger partial charge in [0.1, 0.15) is 5.60 Å². The molecule has 56 heavy (non-hydrogen) atoms. The molecule has 13 heteroatoms. The molecular weight excluding hydrogens is 749 g/mol. The number of fused-ring (bicyclic) bond motifs is 3. The van der Waals surface area contributed by atoms with Crippen molar-refractivity contribution in [3.8, 4) is 23.0 Å². The van der Waals surface area contributed by atoms with Crippen molar-refractivity contribution in [2.24, 2.45) is 22.2 Å². The second-order valence-corrected chi connectivity index (χ2v) is 18.7. The summed E-state index contributed by atoms with van der Waals surface area (Å²) >= 11 is 0. The topological polar surface area (TPSA) is 154 Å². The lowest BCUT2D eigenvalue weighted by molar-refractivity contribution is -0.152. The lowest BCUT2D eigenvalue weighted by atomic mass is 9.70. The van der Waals surface area contributed by atoms with Crippen LogP contribution in [-0.2, 0) is 22.4 Å². The van der Waals surface area contributed by atoms with E-state index in [0.717, 1.165) is 81.1 Å². The summed E-state index contributed by atoms with van der Waals surface area (Å²) in [7, 11) is 8.60. The molecule has 3 aliphatic carbocycles. The van der Waals surface area contributed by atoms with Crippen LogP contribution >= 0.6 is 21.6 Å². The Morgan fingerprint density at radius 3 is 2.66 bits per heavy atom. The molecule has 6 N–H and O–H groups in total. The van der Waals surface area contributed by atoms with Crippen LogP contribution in [-0.4, -0.2) is 84.4 Å². The number of aliphatic imine (C=N–C) groups is 1. The number of hydrogen-bond donors (Lipinski definition) is 6. The molecule has 0 aromatic heterocycles. The van der Waals surface area contributed by atoms with Crippen molar-refractivity contribution >= 4 is 39.0 Å². The van der Waals surface area contributed by atoms with Gasteiger partial charge in [-0.05, 0) is 125 Å². The highest BCUT2D eigenvalue weighted by Gasteiger charge is 2.47. The highest BCUT2D eigenvalue weighted by molar-refractivity contribution is 8.76. The zero-order valence-electron chi connectivity index (χ0n) is 33.3. The summed E-state index contributed by atoms with van der Waals surface area (Å²) in [6.45, 7) is 0.595. The molecule has 6 rings (SSSR count). The number of hydrogen-bond acceptors (Lipinski definition) is 11. The van der Waals surface area contributed by atoms with Crippen LogP contribution in [0.3, 0.4) is 0 Å². The predicted molar refractivity (Wildman–Crippen MR) is 227 cm³/mol. The molecule has 4 aliphatic rings. The number of carbonyl (C=O) groups excluding carboxylic acids is 1. The van der Waals surface area contributed by atoms with Crippen molar-refractivity contribution in [2.75, 3.05) is 44.7 Å². The maximum atomic E-state index is 14.3. The first-order chi connectivity index (χ1) is 27.2. The second kappa shape index (κ2) is 20.0. The van der Waals surface area contributed by atoms with Crippen LogP contribution in [0.4, 0.5) is 5.69 Å². The number of aryl methyl sites for hydroxylation is 1. The van der Waals surface area contributed by atoms with E-state index in [-0.39, 0.29) is 35.2 Å². The van der Waals surface area contributed by atoms with Gasteiger partial charge in [0.25, 0.3) is 0 Å². The van der Waals surface area contributed by atoms with E-state index in [9.17, 15) is 20.1 Å². The molecule has 2 aromatic carbocycles. The van der Waals surface area contributed by atoms with E-state index in [1.54, 1.807) is 47.9 Å². The molecule has 3 saturated carbocycles. The molecule has 2 bridgehead atoms. The third-order valence-electron chi connectivity index (χ3n) is 12.3. The number of nitrogens with zero attached hydrogens (tertiary/aromatic N) is 1. The van der Waals surface area contributed by atoms with Crippen LogP contribution in [0.15, 0.2) is 47.5 Å². The molecular formula is C43H62N4O7S2. The maximum absolute atomic E-state index is 14.3. The first-order valence-electron chi connectivity index (χ1n) is 20.5. The molecule has 2 aromatic rings. The van der Waals surface area contributed by atoms with Crippen molar-refractivity contribution in [1.82, 2.24) is 10.6 Å². The Morgan fingerprint density at radius 2 is 1.88 bits per heavy atom. The van der Waals surface area contributed by atoms with Gasteiger partial charge >= 0.3 is 0 Å². The number of rotatable bonds is 11. The fraction of sp³-hybridized carbons (Fsp3) is 0.628. The molecule has 308 valence electrons. The van der Waals surface area contributed by atoms with E-state index in [0.29, 0.717) is 61.3 Å². The minimum absolute atomic E-state index is 0.0163. The number of carbonyl (C=O) groups is 1. The maximum Gasteiger partial charge on any atom is 0.196 e. The van der Waals surface area contributed by atoms with Gasteiger partial charge in [0, 0.05) is 31.2 Å². The van der Waals surface area contributed by atoms with Crippen molar-refractivity contribution in [3.63, 3.8) is 0 Å². The fourth-order valence-electron chi connectivity index (χ4n) is 9.40. The number of phenolic OH excluding ortho intramolecular Hbond substituents is 2. The summed E-state index contributed by atoms with van der Waals surface area (Å²) in [5.41, 5.74) is 1.32. The number of methoxy groups -OCH3 is 1. The minimum Gasteiger partial charge on any atom is -0.504 e. The first-order valence-corrected chi connectivity index (χ1v) is 23.0. The number of aliphatic hydroxyl groups excluding tert-OH is 1. The zero-order valence-corrected chi connectivity index (χ0v) is 35.0. The number of phenols is 2. The summed E-state index contributed by atoms with van der Waals surface area (Å²) in [4.78, 5) is 18.8. The Balaban J connectivity index is 1.22. The van der Waals surface area contributed by atoms with Crippen molar-refractivity contribution in [3.05, 3.63) is 53.6 Å². The molecule has 0 radical (unpaired) electrons. The predicted octanol–water partition coefficient (Wildman–Crippen LogP) is 7.73. The summed E-state index contributed by atoms with van der Waals surface area (Å²) in [6, 6.07) is 9.26. The molecule has 11 nitrogen and oxygen atoms in total. The Hall–Kier alpha value is -3.10. The second-order valence-electron chi connectivity index (χ2n) is 16.2. The van der Waals surface area contributed by atoms with Crippen LogP contribution in [0.25, 0.3) is 0 Å². The number of guanidine groups is 1. The molecule has 0 amide bonds. The van der Waals surface area contributed by atoms with E-state index < -0.39 is 17.3 Å². The number of anilines is 1. The zero-order chi connectivity index (χ0) is 39.5. The van der Waals surface area contributed by atoms with Gasteiger partial charge in [0.05, 0.1) is 24.8 Å². The number of ketones is 1. The van der Waals surface area contributed by atoms with Crippen LogP contribution in [0.2, 0.25) is 0 Å². The molecule has 3 fully saturated rings. The summed E-state index contributed by atoms with van der Waals surface area (Å²) in [6.07, 6.45) is 16.3. The minimum atomic E-state index is -0.785. The van der Waals surface area contributed by atoms with Crippen LogP contribution in [0, 0.1) is 17.3 Å². The number of ether oxygens (including phenoxy) is 3. The summed E-state index contributed by atoms with van der Waals surface area (Å²) in [5, 5.41) is 42.9. The van der Waals surface area contributed by atoms with Gasteiger partial charge in [-0.2, -0.15) is 0 Å². The number of aromatic hydroxyl groups is 2. The average Bonchev–Trinajstić information content (AvgIpc) is 3.78. The van der Waals surface area contributed by atoms with Crippen LogP contribution in [0.5, 0.6) is 23.0 Å². The Labute approximate surface area is 340 Å². The molecule has 0 saturated heterocycles. The van der Waals surface area contributed by atoms with Gasteiger partial charge in [0.15, 0.2) is 41.0 Å². The van der Waals surface area contributed by atoms with Gasteiger partial charge in [-0.25, -0.2) is 0 Å². The average molecular weight is 811 g/mol. The molecule has 5 unspecified atom stereocenters. The van der Waals surface area contributed by atoms with Crippen LogP contribution in [0.1, 0.15) is 94.6 Å². The SMILES string of the molecule is CN=C1NCSSCC2CCCC2(Cc2ccc(O)c(OC)c2)C(=O)C=CCCc2cc(c(O)c(OC3(CNC)CCC(CC(O)OC4CCCCC4)C3)c2)N1. The third kappa shape index (κ3) is 10.7. The van der Waals surface area contributed by atoms with Crippen molar-refractivity contribution in [2.45, 2.75) is 114 Å². The van der Waals surface area contributed by atoms with Gasteiger partial charge in [-0.1, -0.05) is 59.4 Å². The summed E-state index contributed by atoms with van der Waals surface area (Å²) < 4.78 is 18.3. The Kier molecular flexibility index (Phi) is 15.2. The smallest absolute Gasteiger partial charge is 0.196 e. The molecule has 1 aliphatic heterocycles. The Bertz CT molecular complexity index is 1690. The molecule has 5 atom stereocenters. The highest BCUT2D eigenvalue weighted by Crippen LogP contribution is 2.50. The molecule has 1 heterocycles. The van der Waals surface area contributed by atoms with E-state index in [2.05, 4.69) is 20.9 Å². The molecule has 0 spiro atoms. The van der Waals surface area contributed by atoms with Crippen molar-refractivity contribution < 1.29 is 34.3 Å². The lowest BCUT2D eigenvalue weighted by Crippen LogP contribution is -2.43. The normalized spacial score (nSPS) is 27.9. The standard InChI is InChI=1S/C43H62N4O7S2/c1-44-27-42(19-17-31(24-42)23-39(50)53-33-12-5-4-6-13-33)54-37-21-29-10-7-8-14-38(49)43(25-30-15-16-35(48)36(22-30)52-3)18-9-11-32(43)26-55-56-28-46-41(45-2)47-34(20-29)40(37)51/h8,14-16,20-22,31-33,39,44,48,50-51H,4-7,9-13,17-19,23-28H2,1-3H3,(H2,45,46,47). The quantitative estimate of drug-likeness (QED) is 0.0748. The van der Waals surface area contributed by atoms with E-state index in [4.69, 9.17) is 14.2 Å². The van der Waals surface area contributed by atoms with E-state index in [1.807, 2.05) is 37.4 Å². The fourth-order valence-corrected chi connectivity index (χ4v) is 11.6. The van der Waals surface area contributed by atoms with Crippen LogP contribution < -0.4 is 25.4 Å². The number of nitrogens with one attached hydrogen (secondary N) is 3. The van der Waals surface area contributed by atoms with Gasteiger partial charge in [-0.3, -0.25) is 9.79 Å². The third-order valence-corrected chi connectivity index (χ3v) is 14.5. The number of allylic oxidation sites excluding steroid dienone is 2. The number of aliphatic hydroxyl groups is 1. The summed E-state index contributed by atoms with van der Waals surface area (Å²) in [5.74, 6) is 3.43. The van der Waals surface area contributed by atoms with E-state index in [1.165, 1.54) is 6.42 Å². The number of benzene rings is 2.